The quantitative estimate of drug-likeness (QED) is 0.0473. The van der Waals surface area contributed by atoms with Gasteiger partial charge in [-0.05, 0) is 19.3 Å². The molecule has 244 valence electrons. The Hall–Kier alpha value is -1.10. The molecule has 0 heterocycles. The number of aliphatic hydroxyl groups excluding tert-OH is 1. The van der Waals surface area contributed by atoms with Crippen molar-refractivity contribution in [2.45, 2.75) is 212 Å². The van der Waals surface area contributed by atoms with Crippen molar-refractivity contribution in [2.75, 3.05) is 6.61 Å². The molecule has 0 fully saturated rings. The maximum absolute atomic E-state index is 11.8. The highest BCUT2D eigenvalue weighted by Gasteiger charge is 2.09. The summed E-state index contributed by atoms with van der Waals surface area (Å²) in [6, 6.07) is 0. The third-order valence-electron chi connectivity index (χ3n) is 8.25. The van der Waals surface area contributed by atoms with Gasteiger partial charge < -0.3 is 5.11 Å². The summed E-state index contributed by atoms with van der Waals surface area (Å²) in [6.07, 6.45) is 38.3. The largest absolute Gasteiger partial charge is 0.396 e. The van der Waals surface area contributed by atoms with Crippen LogP contribution in [0.5, 0.6) is 0 Å². The van der Waals surface area contributed by atoms with Crippen molar-refractivity contribution >= 4 is 11.9 Å². The van der Waals surface area contributed by atoms with Crippen LogP contribution in [-0.2, 0) is 19.4 Å². The van der Waals surface area contributed by atoms with E-state index in [4.69, 9.17) is 14.9 Å². The van der Waals surface area contributed by atoms with Crippen LogP contribution in [0.25, 0.3) is 0 Å². The Morgan fingerprint density at radius 3 is 0.829 bits per heavy atom. The lowest BCUT2D eigenvalue weighted by molar-refractivity contribution is -0.259. The minimum atomic E-state index is -0.428. The van der Waals surface area contributed by atoms with E-state index in [1.807, 2.05) is 0 Å². The fourth-order valence-corrected chi connectivity index (χ4v) is 5.50. The van der Waals surface area contributed by atoms with Gasteiger partial charge in [-0.2, -0.15) is 0 Å². The molecule has 41 heavy (non-hydrogen) atoms. The zero-order valence-corrected chi connectivity index (χ0v) is 27.4. The molecule has 0 aliphatic carbocycles. The lowest BCUT2D eigenvalue weighted by Crippen LogP contribution is -2.11. The van der Waals surface area contributed by atoms with E-state index >= 15 is 0 Å². The first kappa shape index (κ1) is 39.9. The number of hydrogen-bond donors (Lipinski definition) is 1. The molecule has 0 spiro atoms. The lowest BCUT2D eigenvalue weighted by Gasteiger charge is -2.05. The van der Waals surface area contributed by atoms with Crippen LogP contribution < -0.4 is 0 Å². The third kappa shape index (κ3) is 35.0. The second-order valence-corrected chi connectivity index (χ2v) is 12.4. The van der Waals surface area contributed by atoms with Gasteiger partial charge in [0.05, 0.1) is 12.8 Å². The van der Waals surface area contributed by atoms with E-state index in [9.17, 15) is 9.59 Å². The van der Waals surface area contributed by atoms with Crippen LogP contribution in [-0.4, -0.2) is 23.7 Å². The lowest BCUT2D eigenvalue weighted by atomic mass is 10.0. The molecule has 0 aliphatic rings. The third-order valence-corrected chi connectivity index (χ3v) is 8.25. The van der Waals surface area contributed by atoms with E-state index in [-0.39, 0.29) is 0 Å². The number of carbonyl (C=O) groups is 2. The fraction of sp³-hybridized carbons (Fsp3) is 0.944. The Labute approximate surface area is 255 Å². The van der Waals surface area contributed by atoms with Gasteiger partial charge in [-0.15, -0.1) is 0 Å². The summed E-state index contributed by atoms with van der Waals surface area (Å²) >= 11 is 0. The second kappa shape index (κ2) is 35.1. The van der Waals surface area contributed by atoms with E-state index < -0.39 is 11.9 Å². The number of rotatable bonds is 33. The minimum Gasteiger partial charge on any atom is -0.396 e. The van der Waals surface area contributed by atoms with Gasteiger partial charge >= 0.3 is 11.9 Å². The Bertz CT molecular complexity index is 536. The van der Waals surface area contributed by atoms with Crippen molar-refractivity contribution in [2.24, 2.45) is 0 Å². The average molecular weight is 583 g/mol. The van der Waals surface area contributed by atoms with Crippen LogP contribution in [0.15, 0.2) is 0 Å². The summed E-state index contributed by atoms with van der Waals surface area (Å²) in [5.74, 6) is -0.852. The number of unbranched alkanes of at least 4 members (excludes halogenated alkanes) is 28. The molecule has 5 nitrogen and oxygen atoms in total. The van der Waals surface area contributed by atoms with Crippen molar-refractivity contribution in [1.82, 2.24) is 0 Å². The van der Waals surface area contributed by atoms with Crippen LogP contribution in [0.1, 0.15) is 212 Å². The van der Waals surface area contributed by atoms with Crippen LogP contribution in [0.3, 0.4) is 0 Å². The van der Waals surface area contributed by atoms with Crippen molar-refractivity contribution in [1.29, 1.82) is 0 Å². The summed E-state index contributed by atoms with van der Waals surface area (Å²) < 4.78 is 0. The molecule has 0 atom stereocenters. The van der Waals surface area contributed by atoms with Gasteiger partial charge in [0, 0.05) is 6.61 Å². The average Bonchev–Trinajstić information content (AvgIpc) is 2.97. The van der Waals surface area contributed by atoms with E-state index in [0.29, 0.717) is 19.4 Å². The monoisotopic (exact) mass is 583 g/mol. The van der Waals surface area contributed by atoms with Gasteiger partial charge in [-0.25, -0.2) is 19.4 Å². The summed E-state index contributed by atoms with van der Waals surface area (Å²) in [6.45, 7) is 2.61. The molecule has 0 aliphatic heterocycles. The van der Waals surface area contributed by atoms with Gasteiger partial charge in [-0.3, -0.25) is 0 Å². The Kier molecular flexibility index (Phi) is 34.2. The van der Waals surface area contributed by atoms with Crippen LogP contribution in [0, 0.1) is 0 Å². The molecule has 0 unspecified atom stereocenters. The highest BCUT2D eigenvalue weighted by Crippen LogP contribution is 2.15. The Balaban J connectivity index is 3.27. The fourth-order valence-electron chi connectivity index (χ4n) is 5.50. The molecule has 0 aromatic rings. The summed E-state index contributed by atoms with van der Waals surface area (Å²) in [5, 5.41) is 8.77. The molecule has 5 heteroatoms. The highest BCUT2D eigenvalue weighted by molar-refractivity contribution is 5.72. The van der Waals surface area contributed by atoms with E-state index in [1.165, 1.54) is 148 Å². The summed E-state index contributed by atoms with van der Waals surface area (Å²) in [7, 11) is 0. The molecule has 0 aromatic carbocycles. The van der Waals surface area contributed by atoms with Gasteiger partial charge in [-0.1, -0.05) is 180 Å². The molecule has 0 saturated carbocycles. The molecule has 0 rings (SSSR count). The first-order chi connectivity index (χ1) is 20.2. The molecule has 0 bridgehead atoms. The van der Waals surface area contributed by atoms with Crippen molar-refractivity contribution < 1.29 is 24.5 Å². The van der Waals surface area contributed by atoms with Gasteiger partial charge in [0.1, 0.15) is 0 Å². The van der Waals surface area contributed by atoms with Gasteiger partial charge in [0.25, 0.3) is 0 Å². The summed E-state index contributed by atoms with van der Waals surface area (Å²) in [5.41, 5.74) is 0. The zero-order valence-electron chi connectivity index (χ0n) is 27.4. The smallest absolute Gasteiger partial charge is 0.355 e. The Morgan fingerprint density at radius 2 is 0.585 bits per heavy atom. The second-order valence-electron chi connectivity index (χ2n) is 12.4. The topological polar surface area (TPSA) is 72.8 Å². The van der Waals surface area contributed by atoms with Crippen molar-refractivity contribution in [3.8, 4) is 0 Å². The molecule has 0 amide bonds. The number of aliphatic hydroxyl groups is 1. The van der Waals surface area contributed by atoms with Crippen LogP contribution in [0.2, 0.25) is 0 Å². The van der Waals surface area contributed by atoms with E-state index in [2.05, 4.69) is 6.92 Å². The standard InChI is InChI=1S/C36H70O5/c1-2-3-4-5-6-7-8-9-11-14-17-20-23-26-29-32-35(38)40-41-36(39)33-30-27-24-21-18-15-12-10-13-16-19-22-25-28-31-34-37/h37H,2-34H2,1H3. The molecule has 0 aromatic heterocycles. The number of hydrogen-bond acceptors (Lipinski definition) is 5. The maximum Gasteiger partial charge on any atom is 0.355 e. The van der Waals surface area contributed by atoms with Crippen molar-refractivity contribution in [3.05, 3.63) is 0 Å². The molecule has 1 N–H and O–H groups in total. The first-order valence-electron chi connectivity index (χ1n) is 18.2. The first-order valence-corrected chi connectivity index (χ1v) is 18.2. The molecular formula is C36H70O5. The van der Waals surface area contributed by atoms with Crippen LogP contribution in [0.4, 0.5) is 0 Å². The molecule has 0 saturated heterocycles. The number of carbonyl (C=O) groups excluding carboxylic acids is 2. The van der Waals surface area contributed by atoms with Crippen molar-refractivity contribution in [3.63, 3.8) is 0 Å². The van der Waals surface area contributed by atoms with Crippen LogP contribution >= 0.6 is 0 Å². The SMILES string of the molecule is CCCCCCCCCCCCCCCCCC(=O)OOC(=O)CCCCCCCCCCCCCCCCCO. The Morgan fingerprint density at radius 1 is 0.366 bits per heavy atom. The van der Waals surface area contributed by atoms with Gasteiger partial charge in [0.2, 0.25) is 0 Å². The van der Waals surface area contributed by atoms with E-state index in [1.54, 1.807) is 0 Å². The maximum atomic E-state index is 11.8. The minimum absolute atomic E-state index is 0.326. The predicted octanol–water partition coefficient (Wildman–Crippen LogP) is 11.5. The van der Waals surface area contributed by atoms with Gasteiger partial charge in [0.15, 0.2) is 0 Å². The van der Waals surface area contributed by atoms with E-state index in [0.717, 1.165) is 44.9 Å². The zero-order chi connectivity index (χ0) is 29.9. The molecular weight excluding hydrogens is 512 g/mol. The highest BCUT2D eigenvalue weighted by atomic mass is 17.2. The predicted molar refractivity (Wildman–Crippen MR) is 173 cm³/mol. The molecule has 0 radical (unpaired) electrons. The summed E-state index contributed by atoms with van der Waals surface area (Å²) in [4.78, 5) is 33.0. The normalized spacial score (nSPS) is 11.2.